The first-order valence-electron chi connectivity index (χ1n) is 10.8. The van der Waals surface area contributed by atoms with Crippen molar-refractivity contribution < 1.29 is 23.1 Å². The first-order valence-corrected chi connectivity index (χ1v) is 13.2. The fourth-order valence-electron chi connectivity index (χ4n) is 4.27. The van der Waals surface area contributed by atoms with E-state index in [-0.39, 0.29) is 11.4 Å². The van der Waals surface area contributed by atoms with Crippen LogP contribution in [0.1, 0.15) is 29.9 Å². The molecule has 4 rings (SSSR count). The monoisotopic (exact) mass is 498 g/mol. The second-order valence-corrected chi connectivity index (χ2v) is 12.3. The number of hydrogen-bond donors (Lipinski definition) is 1. The molecule has 0 saturated carbocycles. The molecule has 3 aromatic rings. The molecule has 0 radical (unpaired) electrons. The Labute approximate surface area is 203 Å². The van der Waals surface area contributed by atoms with Crippen molar-refractivity contribution in [1.82, 2.24) is 8.87 Å². The molecule has 1 aliphatic heterocycles. The summed E-state index contributed by atoms with van der Waals surface area (Å²) in [5.74, 6) is -0.602. The van der Waals surface area contributed by atoms with Crippen LogP contribution in [0.4, 0.5) is 0 Å². The zero-order valence-corrected chi connectivity index (χ0v) is 20.6. The van der Waals surface area contributed by atoms with Crippen molar-refractivity contribution in [2.45, 2.75) is 36.1 Å². The van der Waals surface area contributed by atoms with Gasteiger partial charge in [-0.15, -0.1) is 0 Å². The average molecular weight is 499 g/mol. The number of thioether (sulfide) groups is 1. The maximum absolute atomic E-state index is 13.3. The molecule has 34 heavy (non-hydrogen) atoms. The van der Waals surface area contributed by atoms with Crippen LogP contribution < -0.4 is 0 Å². The minimum Gasteiger partial charge on any atom is -0.480 e. The molecule has 0 aliphatic carbocycles. The molecule has 0 spiro atoms. The average Bonchev–Trinajstić information content (AvgIpc) is 3.25. The lowest BCUT2D eigenvalue weighted by Gasteiger charge is -2.42. The number of nitrogens with zero attached hydrogens (tertiary/aromatic N) is 2. The van der Waals surface area contributed by atoms with E-state index < -0.39 is 26.8 Å². The Morgan fingerprint density at radius 3 is 2.29 bits per heavy atom. The van der Waals surface area contributed by atoms with Crippen LogP contribution in [0.15, 0.2) is 71.8 Å². The van der Waals surface area contributed by atoms with E-state index in [1.165, 1.54) is 23.9 Å². The smallest absolute Gasteiger partial charge is 0.323 e. The van der Waals surface area contributed by atoms with Crippen LogP contribution in [0.25, 0.3) is 11.1 Å². The molecule has 1 aromatic heterocycles. The molecule has 7 nitrogen and oxygen atoms in total. The number of carboxylic acids is 1. The topological polar surface area (TPSA) is 96.7 Å². The highest BCUT2D eigenvalue weighted by atomic mass is 32.2. The number of sulfonamides is 1. The van der Waals surface area contributed by atoms with E-state index in [2.05, 4.69) is 0 Å². The van der Waals surface area contributed by atoms with Crippen molar-refractivity contribution in [2.75, 3.05) is 12.3 Å². The highest BCUT2D eigenvalue weighted by Gasteiger charge is 2.48. The van der Waals surface area contributed by atoms with Gasteiger partial charge in [-0.25, -0.2) is 8.42 Å². The number of aromatic nitrogens is 1. The summed E-state index contributed by atoms with van der Waals surface area (Å²) in [6.45, 7) is 4.26. The van der Waals surface area contributed by atoms with E-state index in [9.17, 15) is 23.1 Å². The first kappa shape index (κ1) is 24.3. The van der Waals surface area contributed by atoms with Gasteiger partial charge in [-0.3, -0.25) is 9.59 Å². The minimum atomic E-state index is -3.96. The second-order valence-electron chi connectivity index (χ2n) is 8.71. The number of benzene rings is 2. The molecule has 2 heterocycles. The third-order valence-electron chi connectivity index (χ3n) is 6.05. The van der Waals surface area contributed by atoms with Crippen LogP contribution >= 0.6 is 11.8 Å². The van der Waals surface area contributed by atoms with Gasteiger partial charge in [0.15, 0.2) is 6.29 Å². The lowest BCUT2D eigenvalue weighted by Crippen LogP contribution is -2.58. The molecule has 1 N–H and O–H groups in total. The number of carboxylic acid groups (broad SMARTS) is 1. The highest BCUT2D eigenvalue weighted by Crippen LogP contribution is 2.38. The van der Waals surface area contributed by atoms with Crippen LogP contribution in [-0.4, -0.2) is 57.7 Å². The molecule has 1 aliphatic rings. The number of rotatable bonds is 7. The molecular weight excluding hydrogens is 472 g/mol. The van der Waals surface area contributed by atoms with E-state index >= 15 is 0 Å². The van der Waals surface area contributed by atoms with Gasteiger partial charge in [0.05, 0.1) is 10.6 Å². The fraction of sp³-hybridized carbons (Fsp3) is 0.280. The van der Waals surface area contributed by atoms with Crippen LogP contribution in [0.2, 0.25) is 0 Å². The van der Waals surface area contributed by atoms with E-state index in [1.54, 1.807) is 32.0 Å². The van der Waals surface area contributed by atoms with Crippen LogP contribution in [-0.2, 0) is 21.4 Å². The Morgan fingerprint density at radius 1 is 1.09 bits per heavy atom. The maximum Gasteiger partial charge on any atom is 0.323 e. The summed E-state index contributed by atoms with van der Waals surface area (Å²) in [6.07, 6.45) is 2.68. The maximum atomic E-state index is 13.3. The minimum absolute atomic E-state index is 0.0795. The van der Waals surface area contributed by atoms with Crippen LogP contribution in [0.5, 0.6) is 0 Å². The lowest BCUT2D eigenvalue weighted by molar-refractivity contribution is -0.142. The summed E-state index contributed by atoms with van der Waals surface area (Å²) in [4.78, 5) is 23.1. The van der Waals surface area contributed by atoms with Gasteiger partial charge in [0, 0.05) is 29.8 Å². The van der Waals surface area contributed by atoms with Gasteiger partial charge >= 0.3 is 5.97 Å². The van der Waals surface area contributed by atoms with Crippen molar-refractivity contribution in [2.24, 2.45) is 0 Å². The third kappa shape index (κ3) is 4.68. The number of carbonyl (C=O) groups excluding carboxylic acids is 1. The summed E-state index contributed by atoms with van der Waals surface area (Å²) in [5, 5.41) is 9.74. The summed E-state index contributed by atoms with van der Waals surface area (Å²) >= 11 is 1.47. The van der Waals surface area contributed by atoms with Gasteiger partial charge < -0.3 is 9.67 Å². The standard InChI is InChI=1S/C25H26N2O5S2/c1-25(2)23(24(29)30)27(14-15-33-25)34(31,32)22-11-9-20(10-12-22)19-7-5-18(6-8-19)16-26-13-3-4-21(26)17-28/h3-13,17,23H,14-16H2,1-2H3,(H,29,30)/t23-/m0/s1. The second kappa shape index (κ2) is 9.40. The third-order valence-corrected chi connectivity index (χ3v) is 9.29. The number of carbonyl (C=O) groups is 2. The largest absolute Gasteiger partial charge is 0.480 e. The highest BCUT2D eigenvalue weighted by molar-refractivity contribution is 8.00. The normalized spacial score (nSPS) is 18.5. The quantitative estimate of drug-likeness (QED) is 0.495. The van der Waals surface area contributed by atoms with Crippen molar-refractivity contribution in [3.8, 4) is 11.1 Å². The molecule has 178 valence electrons. The van der Waals surface area contributed by atoms with Crippen molar-refractivity contribution in [1.29, 1.82) is 0 Å². The van der Waals surface area contributed by atoms with Gasteiger partial charge in [-0.05, 0) is 54.8 Å². The van der Waals surface area contributed by atoms with Crippen molar-refractivity contribution >= 4 is 34.0 Å². The Balaban J connectivity index is 1.54. The predicted octanol–water partition coefficient (Wildman–Crippen LogP) is 3.99. The fourth-order valence-corrected chi connectivity index (χ4v) is 7.36. The van der Waals surface area contributed by atoms with Gasteiger partial charge in [0.25, 0.3) is 0 Å². The molecule has 1 fully saturated rings. The SMILES string of the molecule is CC1(C)SCCN(S(=O)(=O)c2ccc(-c3ccc(Cn4cccc4C=O)cc3)cc2)[C@H]1C(=O)O. The van der Waals surface area contributed by atoms with Crippen molar-refractivity contribution in [3.63, 3.8) is 0 Å². The predicted molar refractivity (Wildman–Crippen MR) is 133 cm³/mol. The van der Waals surface area contributed by atoms with Gasteiger partial charge in [-0.2, -0.15) is 16.1 Å². The number of hydrogen-bond acceptors (Lipinski definition) is 5. The van der Waals surface area contributed by atoms with E-state index in [0.29, 0.717) is 18.0 Å². The molecule has 0 bridgehead atoms. The summed E-state index contributed by atoms with van der Waals surface area (Å²) in [7, 11) is -3.96. The lowest BCUT2D eigenvalue weighted by atomic mass is 10.0. The Morgan fingerprint density at radius 2 is 1.71 bits per heavy atom. The number of aliphatic carboxylic acids is 1. The Bertz CT molecular complexity index is 1300. The zero-order chi connectivity index (χ0) is 24.5. The van der Waals surface area contributed by atoms with Crippen molar-refractivity contribution in [3.05, 3.63) is 78.1 Å². The first-order chi connectivity index (χ1) is 16.1. The van der Waals surface area contributed by atoms with Gasteiger partial charge in [-0.1, -0.05) is 36.4 Å². The van der Waals surface area contributed by atoms with E-state index in [4.69, 9.17) is 0 Å². The summed E-state index contributed by atoms with van der Waals surface area (Å²) in [5.41, 5.74) is 3.42. The van der Waals surface area contributed by atoms with E-state index in [0.717, 1.165) is 27.3 Å². The van der Waals surface area contributed by atoms with E-state index in [1.807, 2.05) is 41.1 Å². The number of aldehydes is 1. The summed E-state index contributed by atoms with van der Waals surface area (Å²) < 4.78 is 28.9. The molecule has 1 saturated heterocycles. The Hall–Kier alpha value is -2.88. The zero-order valence-electron chi connectivity index (χ0n) is 18.9. The summed E-state index contributed by atoms with van der Waals surface area (Å²) in [6, 6.07) is 16.8. The van der Waals surface area contributed by atoms with Crippen LogP contribution in [0, 0.1) is 0 Å². The molecule has 2 aromatic carbocycles. The van der Waals surface area contributed by atoms with Crippen LogP contribution in [0.3, 0.4) is 0 Å². The molecule has 1 atom stereocenters. The molecule has 0 unspecified atom stereocenters. The molecular formula is C25H26N2O5S2. The Kier molecular flexibility index (Phi) is 6.71. The van der Waals surface area contributed by atoms with Gasteiger partial charge in [0.1, 0.15) is 6.04 Å². The van der Waals surface area contributed by atoms with Gasteiger partial charge in [0.2, 0.25) is 10.0 Å². The molecule has 0 amide bonds. The molecule has 9 heteroatoms.